The predicted molar refractivity (Wildman–Crippen MR) is 63.9 cm³/mol. The highest BCUT2D eigenvalue weighted by atomic mass is 35.5. The summed E-state index contributed by atoms with van der Waals surface area (Å²) in [5.74, 6) is 0.398. The van der Waals surface area contributed by atoms with Crippen LogP contribution in [0.15, 0.2) is 35.7 Å². The summed E-state index contributed by atoms with van der Waals surface area (Å²) in [5, 5.41) is 2.45. The van der Waals surface area contributed by atoms with Crippen molar-refractivity contribution in [3.63, 3.8) is 0 Å². The fourth-order valence-electron chi connectivity index (χ4n) is 0.925. The lowest BCUT2D eigenvalue weighted by atomic mass is 10.2. The molecular weight excluding hydrogens is 232 g/mol. The Labute approximate surface area is 98.3 Å². The Morgan fingerprint density at radius 3 is 2.93 bits per heavy atom. The Hall–Kier alpha value is -0.930. The minimum Gasteiger partial charge on any atom is -0.466 e. The Morgan fingerprint density at radius 1 is 1.53 bits per heavy atom. The zero-order valence-electron chi connectivity index (χ0n) is 8.27. The second kappa shape index (κ2) is 6.53. The van der Waals surface area contributed by atoms with Gasteiger partial charge in [-0.2, -0.15) is 0 Å². The molecule has 0 saturated heterocycles. The van der Waals surface area contributed by atoms with Gasteiger partial charge in [-0.25, -0.2) is 4.79 Å². The van der Waals surface area contributed by atoms with Gasteiger partial charge in [-0.15, -0.1) is 11.8 Å². The van der Waals surface area contributed by atoms with E-state index in [0.717, 1.165) is 16.3 Å². The van der Waals surface area contributed by atoms with E-state index in [0.29, 0.717) is 0 Å². The van der Waals surface area contributed by atoms with E-state index >= 15 is 0 Å². The van der Waals surface area contributed by atoms with Crippen LogP contribution in [-0.2, 0) is 15.3 Å². The van der Waals surface area contributed by atoms with Gasteiger partial charge in [0.2, 0.25) is 0 Å². The number of hydrogen-bond acceptors (Lipinski definition) is 3. The third kappa shape index (κ3) is 4.40. The number of hydrogen-bond donors (Lipinski definition) is 0. The molecule has 0 aliphatic carbocycles. The van der Waals surface area contributed by atoms with E-state index in [1.54, 1.807) is 5.41 Å². The van der Waals surface area contributed by atoms with Crippen molar-refractivity contribution in [3.05, 3.63) is 46.3 Å². The summed E-state index contributed by atoms with van der Waals surface area (Å²) in [6.07, 6.45) is 1.39. The molecule has 15 heavy (non-hydrogen) atoms. The Balaban J connectivity index is 2.41. The van der Waals surface area contributed by atoms with Crippen LogP contribution in [0.3, 0.4) is 0 Å². The number of carbonyl (C=O) groups excluding carboxylic acids is 1. The number of thioether (sulfide) groups is 1. The number of methoxy groups -OCH3 is 1. The fraction of sp³-hybridized carbons (Fsp3) is 0.182. The molecule has 0 amide bonds. The first kappa shape index (κ1) is 12.1. The van der Waals surface area contributed by atoms with Crippen LogP contribution in [0.1, 0.15) is 5.56 Å². The Kier molecular flexibility index (Phi) is 5.29. The van der Waals surface area contributed by atoms with Crippen molar-refractivity contribution >= 4 is 29.3 Å². The normalized spacial score (nSPS) is 10.5. The monoisotopic (exact) mass is 242 g/mol. The van der Waals surface area contributed by atoms with Crippen molar-refractivity contribution in [2.24, 2.45) is 0 Å². The number of benzene rings is 1. The molecule has 0 N–H and O–H groups in total. The summed E-state index contributed by atoms with van der Waals surface area (Å²) in [4.78, 5) is 10.7. The van der Waals surface area contributed by atoms with E-state index in [9.17, 15) is 4.79 Å². The molecule has 0 bridgehead atoms. The highest BCUT2D eigenvalue weighted by molar-refractivity contribution is 8.01. The number of esters is 1. The van der Waals surface area contributed by atoms with Crippen LogP contribution in [-0.4, -0.2) is 13.1 Å². The largest absolute Gasteiger partial charge is 0.466 e. The Bertz CT molecular complexity index is 363. The first-order valence-electron chi connectivity index (χ1n) is 4.33. The molecular formula is C11H11ClO2S. The molecule has 0 heterocycles. The maximum absolute atomic E-state index is 10.7. The zero-order valence-corrected chi connectivity index (χ0v) is 9.85. The zero-order chi connectivity index (χ0) is 11.1. The minimum atomic E-state index is -0.346. The van der Waals surface area contributed by atoms with Crippen molar-refractivity contribution in [3.8, 4) is 0 Å². The van der Waals surface area contributed by atoms with E-state index < -0.39 is 0 Å². The van der Waals surface area contributed by atoms with Gasteiger partial charge in [-0.3, -0.25) is 0 Å². The molecule has 0 aliphatic heterocycles. The summed E-state index contributed by atoms with van der Waals surface area (Å²) in [7, 11) is 1.35. The molecule has 1 rings (SSSR count). The lowest BCUT2D eigenvalue weighted by Crippen LogP contribution is -1.92. The smallest absolute Gasteiger partial charge is 0.330 e. The van der Waals surface area contributed by atoms with Crippen molar-refractivity contribution in [1.82, 2.24) is 0 Å². The molecule has 0 aromatic heterocycles. The van der Waals surface area contributed by atoms with Gasteiger partial charge in [-0.05, 0) is 17.0 Å². The standard InChI is InChI=1S/C11H11ClO2S/c1-14-11(13)6-7-15-8-9-4-2-3-5-10(9)12/h2-7H,8H2,1H3/b7-6+. The van der Waals surface area contributed by atoms with Crippen LogP contribution in [0.4, 0.5) is 0 Å². The van der Waals surface area contributed by atoms with Crippen molar-refractivity contribution in [1.29, 1.82) is 0 Å². The van der Waals surface area contributed by atoms with Crippen LogP contribution in [0.5, 0.6) is 0 Å². The molecule has 0 spiro atoms. The van der Waals surface area contributed by atoms with Gasteiger partial charge < -0.3 is 4.74 Å². The van der Waals surface area contributed by atoms with Crippen LogP contribution >= 0.6 is 23.4 Å². The van der Waals surface area contributed by atoms with E-state index in [1.165, 1.54) is 24.9 Å². The molecule has 0 unspecified atom stereocenters. The van der Waals surface area contributed by atoms with Crippen molar-refractivity contribution < 1.29 is 9.53 Å². The molecule has 2 nitrogen and oxygen atoms in total. The average Bonchev–Trinajstić information content (AvgIpc) is 2.26. The predicted octanol–water partition coefficient (Wildman–Crippen LogP) is 3.26. The van der Waals surface area contributed by atoms with Crippen molar-refractivity contribution in [2.45, 2.75) is 5.75 Å². The van der Waals surface area contributed by atoms with Gasteiger partial charge in [0.05, 0.1) is 7.11 Å². The van der Waals surface area contributed by atoms with Crippen molar-refractivity contribution in [2.75, 3.05) is 7.11 Å². The summed E-state index contributed by atoms with van der Waals surface area (Å²) in [5.41, 5.74) is 1.05. The number of halogens is 1. The molecule has 4 heteroatoms. The van der Waals surface area contributed by atoms with E-state index in [4.69, 9.17) is 11.6 Å². The van der Waals surface area contributed by atoms with Gasteiger partial charge in [-0.1, -0.05) is 29.8 Å². The summed E-state index contributed by atoms with van der Waals surface area (Å²) in [6.45, 7) is 0. The van der Waals surface area contributed by atoms with Gasteiger partial charge in [0.15, 0.2) is 0 Å². The van der Waals surface area contributed by atoms with Crippen LogP contribution in [0.25, 0.3) is 0 Å². The third-order valence-electron chi connectivity index (χ3n) is 1.70. The summed E-state index contributed by atoms with van der Waals surface area (Å²) < 4.78 is 4.46. The maximum Gasteiger partial charge on any atom is 0.330 e. The van der Waals surface area contributed by atoms with Crippen LogP contribution < -0.4 is 0 Å². The molecule has 0 radical (unpaired) electrons. The van der Waals surface area contributed by atoms with E-state index in [-0.39, 0.29) is 5.97 Å². The molecule has 0 fully saturated rings. The first-order valence-corrected chi connectivity index (χ1v) is 5.76. The third-order valence-corrected chi connectivity index (χ3v) is 2.87. The average molecular weight is 243 g/mol. The lowest BCUT2D eigenvalue weighted by molar-refractivity contribution is -0.134. The summed E-state index contributed by atoms with van der Waals surface area (Å²) in [6, 6.07) is 7.63. The molecule has 0 atom stereocenters. The van der Waals surface area contributed by atoms with E-state index in [1.807, 2.05) is 24.3 Å². The molecule has 0 aliphatic rings. The number of carbonyl (C=O) groups is 1. The Morgan fingerprint density at radius 2 is 2.27 bits per heavy atom. The quantitative estimate of drug-likeness (QED) is 0.599. The van der Waals surface area contributed by atoms with Crippen LogP contribution in [0, 0.1) is 0 Å². The van der Waals surface area contributed by atoms with Gasteiger partial charge in [0, 0.05) is 16.9 Å². The van der Waals surface area contributed by atoms with E-state index in [2.05, 4.69) is 4.74 Å². The molecule has 1 aromatic carbocycles. The highest BCUT2D eigenvalue weighted by Crippen LogP contribution is 2.21. The van der Waals surface area contributed by atoms with Gasteiger partial charge in [0.25, 0.3) is 0 Å². The second-order valence-corrected chi connectivity index (χ2v) is 4.03. The summed E-state index contributed by atoms with van der Waals surface area (Å²) >= 11 is 7.46. The SMILES string of the molecule is COC(=O)/C=C/SCc1ccccc1Cl. The second-order valence-electron chi connectivity index (χ2n) is 2.73. The number of ether oxygens (including phenoxy) is 1. The lowest BCUT2D eigenvalue weighted by Gasteiger charge is -2.00. The molecule has 0 saturated carbocycles. The minimum absolute atomic E-state index is 0.346. The first-order chi connectivity index (χ1) is 7.24. The topological polar surface area (TPSA) is 26.3 Å². The fourth-order valence-corrected chi connectivity index (χ4v) is 1.94. The maximum atomic E-state index is 10.7. The van der Waals surface area contributed by atoms with Gasteiger partial charge >= 0.3 is 5.97 Å². The highest BCUT2D eigenvalue weighted by Gasteiger charge is 1.97. The molecule has 80 valence electrons. The molecule has 1 aromatic rings. The van der Waals surface area contributed by atoms with Gasteiger partial charge in [0.1, 0.15) is 0 Å². The number of rotatable bonds is 4. The van der Waals surface area contributed by atoms with Crippen LogP contribution in [0.2, 0.25) is 5.02 Å².